The van der Waals surface area contributed by atoms with Crippen LogP contribution >= 0.6 is 11.3 Å². The van der Waals surface area contributed by atoms with Gasteiger partial charge in [0.2, 0.25) is 0 Å². The zero-order valence-corrected chi connectivity index (χ0v) is 13.1. The summed E-state index contributed by atoms with van der Waals surface area (Å²) in [6, 6.07) is 12.0. The maximum absolute atomic E-state index is 12.3. The monoisotopic (exact) mass is 299 g/mol. The zero-order chi connectivity index (χ0) is 15.0. The molecule has 0 fully saturated rings. The van der Waals surface area contributed by atoms with Crippen molar-refractivity contribution in [2.75, 3.05) is 0 Å². The van der Waals surface area contributed by atoms with E-state index >= 15 is 0 Å². The molecule has 1 N–H and O–H groups in total. The summed E-state index contributed by atoms with van der Waals surface area (Å²) in [7, 11) is 0. The lowest BCUT2D eigenvalue weighted by atomic mass is 10.2. The molecule has 3 nitrogen and oxygen atoms in total. The van der Waals surface area contributed by atoms with Gasteiger partial charge < -0.3 is 9.73 Å². The Labute approximate surface area is 127 Å². The molecular weight excluding hydrogens is 282 g/mol. The lowest BCUT2D eigenvalue weighted by Crippen LogP contribution is -2.30. The molecule has 1 amide bonds. The van der Waals surface area contributed by atoms with Crippen LogP contribution in [0.3, 0.4) is 0 Å². The predicted molar refractivity (Wildman–Crippen MR) is 86.9 cm³/mol. The molecule has 0 aliphatic carbocycles. The van der Waals surface area contributed by atoms with Crippen molar-refractivity contribution < 1.29 is 9.21 Å². The second kappa shape index (κ2) is 5.37. The van der Waals surface area contributed by atoms with Gasteiger partial charge in [0, 0.05) is 22.5 Å². The Hall–Kier alpha value is -2.07. The zero-order valence-electron chi connectivity index (χ0n) is 12.3. The van der Waals surface area contributed by atoms with E-state index in [1.165, 1.54) is 0 Å². The van der Waals surface area contributed by atoms with Gasteiger partial charge in [-0.05, 0) is 20.8 Å². The first-order valence-corrected chi connectivity index (χ1v) is 7.77. The number of benzene rings is 1. The first-order valence-electron chi connectivity index (χ1n) is 6.95. The molecule has 0 spiro atoms. The quantitative estimate of drug-likeness (QED) is 0.767. The molecule has 0 atom stereocenters. The van der Waals surface area contributed by atoms with Crippen LogP contribution < -0.4 is 5.32 Å². The highest BCUT2D eigenvalue weighted by Crippen LogP contribution is 2.36. The van der Waals surface area contributed by atoms with Gasteiger partial charge in [0.15, 0.2) is 5.58 Å². The Kier molecular flexibility index (Phi) is 3.55. The molecule has 21 heavy (non-hydrogen) atoms. The normalized spacial score (nSPS) is 11.2. The van der Waals surface area contributed by atoms with Gasteiger partial charge in [-0.3, -0.25) is 4.79 Å². The Balaban J connectivity index is 2.07. The van der Waals surface area contributed by atoms with Gasteiger partial charge in [-0.1, -0.05) is 30.3 Å². The summed E-state index contributed by atoms with van der Waals surface area (Å²) in [4.78, 5) is 13.3. The van der Waals surface area contributed by atoms with Crippen molar-refractivity contribution >= 4 is 27.5 Å². The number of nitrogens with one attached hydrogen (secondary N) is 1. The van der Waals surface area contributed by atoms with E-state index in [9.17, 15) is 4.79 Å². The van der Waals surface area contributed by atoms with Gasteiger partial charge in [0.25, 0.3) is 5.91 Å². The lowest BCUT2D eigenvalue weighted by molar-refractivity contribution is 0.0943. The van der Waals surface area contributed by atoms with Gasteiger partial charge in [-0.25, -0.2) is 0 Å². The van der Waals surface area contributed by atoms with Crippen molar-refractivity contribution in [3.63, 3.8) is 0 Å². The summed E-state index contributed by atoms with van der Waals surface area (Å²) >= 11 is 1.60. The minimum absolute atomic E-state index is 0.0669. The molecule has 0 radical (unpaired) electrons. The molecule has 0 aliphatic heterocycles. The number of furan rings is 1. The van der Waals surface area contributed by atoms with Crippen LogP contribution in [0.15, 0.2) is 40.8 Å². The highest BCUT2D eigenvalue weighted by molar-refractivity contribution is 7.19. The summed E-state index contributed by atoms with van der Waals surface area (Å²) in [5.41, 5.74) is 2.37. The van der Waals surface area contributed by atoms with E-state index in [1.807, 2.05) is 57.2 Å². The molecule has 2 aromatic heterocycles. The SMILES string of the molecule is Cc1sc2cc(-c3ccccc3)oc2c1C(=O)NC(C)C. The largest absolute Gasteiger partial charge is 0.454 e. The van der Waals surface area contributed by atoms with Crippen molar-refractivity contribution in [2.24, 2.45) is 0 Å². The fraction of sp³-hybridized carbons (Fsp3) is 0.235. The first kappa shape index (κ1) is 13.9. The lowest BCUT2D eigenvalue weighted by Gasteiger charge is -2.07. The van der Waals surface area contributed by atoms with E-state index in [0.29, 0.717) is 11.1 Å². The van der Waals surface area contributed by atoms with Crippen LogP contribution in [0.25, 0.3) is 21.6 Å². The van der Waals surface area contributed by atoms with Crippen molar-refractivity contribution in [3.8, 4) is 11.3 Å². The first-order chi connectivity index (χ1) is 10.1. The highest BCUT2D eigenvalue weighted by atomic mass is 32.1. The molecule has 3 rings (SSSR count). The highest BCUT2D eigenvalue weighted by Gasteiger charge is 2.21. The van der Waals surface area contributed by atoms with Crippen molar-refractivity contribution in [1.82, 2.24) is 5.32 Å². The van der Waals surface area contributed by atoms with Crippen LogP contribution in [-0.4, -0.2) is 11.9 Å². The molecule has 0 unspecified atom stereocenters. The van der Waals surface area contributed by atoms with Gasteiger partial charge >= 0.3 is 0 Å². The maximum Gasteiger partial charge on any atom is 0.256 e. The third-order valence-corrected chi connectivity index (χ3v) is 4.28. The summed E-state index contributed by atoms with van der Waals surface area (Å²) < 4.78 is 6.97. The molecule has 0 aliphatic rings. The van der Waals surface area contributed by atoms with Crippen molar-refractivity contribution in [2.45, 2.75) is 26.8 Å². The topological polar surface area (TPSA) is 42.2 Å². The smallest absolute Gasteiger partial charge is 0.256 e. The number of hydrogen-bond donors (Lipinski definition) is 1. The van der Waals surface area contributed by atoms with E-state index in [0.717, 1.165) is 20.9 Å². The Morgan fingerprint density at radius 1 is 1.24 bits per heavy atom. The Morgan fingerprint density at radius 3 is 2.62 bits per heavy atom. The summed E-state index contributed by atoms with van der Waals surface area (Å²) in [5, 5.41) is 2.93. The average Bonchev–Trinajstić information content (AvgIpc) is 2.95. The Morgan fingerprint density at radius 2 is 1.95 bits per heavy atom. The van der Waals surface area contributed by atoms with Gasteiger partial charge in [-0.2, -0.15) is 0 Å². The molecule has 1 aromatic carbocycles. The van der Waals surface area contributed by atoms with Crippen LogP contribution in [0.5, 0.6) is 0 Å². The number of aryl methyl sites for hydroxylation is 1. The molecule has 0 bridgehead atoms. The number of rotatable bonds is 3. The summed E-state index contributed by atoms with van der Waals surface area (Å²) in [5.74, 6) is 0.734. The molecule has 0 saturated carbocycles. The van der Waals surface area contributed by atoms with Crippen molar-refractivity contribution in [3.05, 3.63) is 46.8 Å². The molecule has 2 heterocycles. The number of thiophene rings is 1. The molecule has 4 heteroatoms. The van der Waals surface area contributed by atoms with Crippen LogP contribution in [0.1, 0.15) is 29.1 Å². The van der Waals surface area contributed by atoms with Crippen LogP contribution in [0, 0.1) is 6.92 Å². The fourth-order valence-corrected chi connectivity index (χ4v) is 3.36. The van der Waals surface area contributed by atoms with E-state index < -0.39 is 0 Å². The summed E-state index contributed by atoms with van der Waals surface area (Å²) in [6.45, 7) is 5.86. The third kappa shape index (κ3) is 2.59. The number of carbonyl (C=O) groups is 1. The van der Waals surface area contributed by atoms with Crippen LogP contribution in [-0.2, 0) is 0 Å². The number of hydrogen-bond acceptors (Lipinski definition) is 3. The third-order valence-electron chi connectivity index (χ3n) is 3.25. The minimum Gasteiger partial charge on any atom is -0.454 e. The number of amides is 1. The number of fused-ring (bicyclic) bond motifs is 1. The molecule has 0 saturated heterocycles. The van der Waals surface area contributed by atoms with Gasteiger partial charge in [0.05, 0.1) is 10.3 Å². The molecular formula is C17H17NO2S. The number of carbonyl (C=O) groups excluding carboxylic acids is 1. The van der Waals surface area contributed by atoms with Gasteiger partial charge in [-0.15, -0.1) is 11.3 Å². The predicted octanol–water partition coefficient (Wildman–Crippen LogP) is 4.61. The fourth-order valence-electron chi connectivity index (χ4n) is 2.34. The van der Waals surface area contributed by atoms with Gasteiger partial charge in [0.1, 0.15) is 5.76 Å². The average molecular weight is 299 g/mol. The second-order valence-electron chi connectivity index (χ2n) is 5.33. The van der Waals surface area contributed by atoms with E-state index in [-0.39, 0.29) is 11.9 Å². The van der Waals surface area contributed by atoms with Crippen molar-refractivity contribution in [1.29, 1.82) is 0 Å². The maximum atomic E-state index is 12.3. The molecule has 108 valence electrons. The van der Waals surface area contributed by atoms with E-state index in [4.69, 9.17) is 4.42 Å². The van der Waals surface area contributed by atoms with E-state index in [1.54, 1.807) is 11.3 Å². The summed E-state index contributed by atoms with van der Waals surface area (Å²) in [6.07, 6.45) is 0. The Bertz CT molecular complexity index is 784. The molecule has 3 aromatic rings. The van der Waals surface area contributed by atoms with Crippen LogP contribution in [0.4, 0.5) is 0 Å². The minimum atomic E-state index is -0.0669. The van der Waals surface area contributed by atoms with Crippen LogP contribution in [0.2, 0.25) is 0 Å². The standard InChI is InChI=1S/C17H17NO2S/c1-10(2)18-17(19)15-11(3)21-14-9-13(20-16(14)15)12-7-5-4-6-8-12/h4-10H,1-3H3,(H,18,19). The second-order valence-corrected chi connectivity index (χ2v) is 6.59. The van der Waals surface area contributed by atoms with E-state index in [2.05, 4.69) is 5.32 Å².